The van der Waals surface area contributed by atoms with Crippen LogP contribution in [0.2, 0.25) is 0 Å². The smallest absolute Gasteiger partial charge is 0.240 e. The number of amides is 1. The Hall–Kier alpha value is -1.84. The second-order valence-electron chi connectivity index (χ2n) is 8.09. The number of hydrogen-bond acceptors (Lipinski definition) is 3. The van der Waals surface area contributed by atoms with Crippen LogP contribution in [0.4, 0.5) is 0 Å². The molecule has 0 aromatic heterocycles. The van der Waals surface area contributed by atoms with Crippen molar-refractivity contribution in [1.29, 1.82) is 0 Å². The van der Waals surface area contributed by atoms with Crippen molar-refractivity contribution in [2.24, 2.45) is 5.10 Å². The zero-order valence-corrected chi connectivity index (χ0v) is 18.5. The van der Waals surface area contributed by atoms with Crippen LogP contribution in [0, 0.1) is 0 Å². The lowest BCUT2D eigenvalue weighted by atomic mass is 10.0. The molecule has 0 aliphatic heterocycles. The number of carbonyl (C=O) groups excluding carboxylic acids is 1. The van der Waals surface area contributed by atoms with E-state index in [1.54, 1.807) is 24.4 Å². The van der Waals surface area contributed by atoms with Crippen LogP contribution >= 0.6 is 0 Å². The first-order valence-corrected chi connectivity index (χ1v) is 11.8. The first kappa shape index (κ1) is 25.2. The molecule has 0 unspecified atom stereocenters. The summed E-state index contributed by atoms with van der Waals surface area (Å²) in [7, 11) is 0. The van der Waals surface area contributed by atoms with E-state index in [2.05, 4.69) is 17.5 Å². The molecule has 4 heteroatoms. The van der Waals surface area contributed by atoms with Gasteiger partial charge in [-0.3, -0.25) is 4.79 Å². The molecule has 0 spiro atoms. The lowest BCUT2D eigenvalue weighted by Crippen LogP contribution is -2.16. The summed E-state index contributed by atoms with van der Waals surface area (Å²) < 4.78 is 0. The Balaban J connectivity index is 1.84. The maximum atomic E-state index is 11.8. The molecular weight excluding hydrogens is 360 g/mol. The summed E-state index contributed by atoms with van der Waals surface area (Å²) in [6, 6.07) is 6.77. The Bertz CT molecular complexity index is 558. The van der Waals surface area contributed by atoms with Crippen molar-refractivity contribution in [3.63, 3.8) is 0 Å². The van der Waals surface area contributed by atoms with Crippen molar-refractivity contribution >= 4 is 12.1 Å². The molecule has 1 aromatic carbocycles. The molecule has 0 atom stereocenters. The molecule has 0 aliphatic carbocycles. The van der Waals surface area contributed by atoms with E-state index in [9.17, 15) is 9.90 Å². The molecular formula is C25H42N2O2. The van der Waals surface area contributed by atoms with Crippen LogP contribution in [-0.4, -0.2) is 17.2 Å². The van der Waals surface area contributed by atoms with Crippen molar-refractivity contribution < 1.29 is 9.90 Å². The third-order valence-corrected chi connectivity index (χ3v) is 5.28. The lowest BCUT2D eigenvalue weighted by Gasteiger charge is -2.03. The maximum absolute atomic E-state index is 11.8. The van der Waals surface area contributed by atoms with E-state index < -0.39 is 0 Å². The molecule has 0 aliphatic rings. The predicted molar refractivity (Wildman–Crippen MR) is 123 cm³/mol. The van der Waals surface area contributed by atoms with E-state index in [-0.39, 0.29) is 11.7 Å². The summed E-state index contributed by atoms with van der Waals surface area (Å²) >= 11 is 0. The predicted octanol–water partition coefficient (Wildman–Crippen LogP) is 7.10. The van der Waals surface area contributed by atoms with Gasteiger partial charge in [0.25, 0.3) is 0 Å². The van der Waals surface area contributed by atoms with Gasteiger partial charge in [-0.1, -0.05) is 109 Å². The molecule has 0 radical (unpaired) electrons. The molecule has 1 aromatic rings. The summed E-state index contributed by atoms with van der Waals surface area (Å²) in [4.78, 5) is 11.8. The van der Waals surface area contributed by atoms with Gasteiger partial charge < -0.3 is 5.11 Å². The van der Waals surface area contributed by atoms with Gasteiger partial charge >= 0.3 is 0 Å². The van der Waals surface area contributed by atoms with Crippen molar-refractivity contribution in [3.05, 3.63) is 29.8 Å². The minimum absolute atomic E-state index is 0.0453. The number of hydrogen-bond donors (Lipinski definition) is 2. The van der Waals surface area contributed by atoms with Gasteiger partial charge in [-0.15, -0.1) is 0 Å². The van der Waals surface area contributed by atoms with Gasteiger partial charge in [-0.05, 0) is 24.1 Å². The molecule has 164 valence electrons. The summed E-state index contributed by atoms with van der Waals surface area (Å²) in [6.07, 6.45) is 21.9. The highest BCUT2D eigenvalue weighted by molar-refractivity contribution is 5.82. The van der Waals surface area contributed by atoms with Crippen LogP contribution in [0.15, 0.2) is 29.4 Å². The van der Waals surface area contributed by atoms with Gasteiger partial charge in [0, 0.05) is 6.42 Å². The minimum Gasteiger partial charge on any atom is -0.508 e. The number of phenols is 1. The average molecular weight is 403 g/mol. The number of nitrogens with one attached hydrogen (secondary N) is 1. The van der Waals surface area contributed by atoms with Gasteiger partial charge in [-0.2, -0.15) is 5.10 Å². The number of aromatic hydroxyl groups is 1. The van der Waals surface area contributed by atoms with Gasteiger partial charge in [0.2, 0.25) is 5.91 Å². The van der Waals surface area contributed by atoms with E-state index in [1.165, 1.54) is 83.5 Å². The largest absolute Gasteiger partial charge is 0.508 e. The SMILES string of the molecule is CCCCCCCCCCCCCCCCCC(=O)N/N=C/c1cccc(O)c1. The average Bonchev–Trinajstić information content (AvgIpc) is 2.71. The molecule has 4 nitrogen and oxygen atoms in total. The van der Waals surface area contributed by atoms with Gasteiger partial charge in [0.05, 0.1) is 6.21 Å². The van der Waals surface area contributed by atoms with Crippen molar-refractivity contribution in [3.8, 4) is 5.75 Å². The van der Waals surface area contributed by atoms with Crippen LogP contribution in [0.25, 0.3) is 0 Å². The monoisotopic (exact) mass is 402 g/mol. The van der Waals surface area contributed by atoms with Crippen LogP contribution in [-0.2, 0) is 4.79 Å². The molecule has 0 saturated heterocycles. The van der Waals surface area contributed by atoms with Crippen LogP contribution in [0.5, 0.6) is 5.75 Å². The Labute approximate surface area is 178 Å². The lowest BCUT2D eigenvalue weighted by molar-refractivity contribution is -0.121. The fraction of sp³-hybridized carbons (Fsp3) is 0.680. The zero-order valence-electron chi connectivity index (χ0n) is 18.5. The van der Waals surface area contributed by atoms with Crippen molar-refractivity contribution in [2.75, 3.05) is 0 Å². The van der Waals surface area contributed by atoms with E-state index in [4.69, 9.17) is 0 Å². The Morgan fingerprint density at radius 2 is 1.38 bits per heavy atom. The summed E-state index contributed by atoms with van der Waals surface area (Å²) in [6.45, 7) is 2.27. The van der Waals surface area contributed by atoms with E-state index in [1.807, 2.05) is 6.07 Å². The van der Waals surface area contributed by atoms with E-state index in [0.29, 0.717) is 6.42 Å². The fourth-order valence-electron chi connectivity index (χ4n) is 3.50. The van der Waals surface area contributed by atoms with E-state index >= 15 is 0 Å². The normalized spacial score (nSPS) is 11.2. The Morgan fingerprint density at radius 3 is 1.90 bits per heavy atom. The third kappa shape index (κ3) is 15.7. The molecule has 0 fully saturated rings. The van der Waals surface area contributed by atoms with Crippen LogP contribution in [0.1, 0.15) is 115 Å². The number of nitrogens with zero attached hydrogens (tertiary/aromatic N) is 1. The highest BCUT2D eigenvalue weighted by Crippen LogP contribution is 2.13. The number of rotatable bonds is 18. The molecule has 2 N–H and O–H groups in total. The Kier molecular flexibility index (Phi) is 15.8. The second kappa shape index (κ2) is 18.2. The third-order valence-electron chi connectivity index (χ3n) is 5.28. The molecule has 0 heterocycles. The Morgan fingerprint density at radius 1 is 0.862 bits per heavy atom. The number of phenolic OH excluding ortho intramolecular Hbond substituents is 1. The number of benzene rings is 1. The molecule has 1 amide bonds. The summed E-state index contributed by atoms with van der Waals surface area (Å²) in [5, 5.41) is 13.3. The first-order valence-electron chi connectivity index (χ1n) is 11.8. The number of hydrazone groups is 1. The number of carbonyl (C=O) groups is 1. The molecule has 0 bridgehead atoms. The fourth-order valence-corrected chi connectivity index (χ4v) is 3.50. The quantitative estimate of drug-likeness (QED) is 0.156. The molecule has 1 rings (SSSR count). The standard InChI is InChI=1S/C25H42N2O2/c1-2-3-4-5-6-7-8-9-10-11-12-13-14-15-16-20-25(29)27-26-22-23-18-17-19-24(28)21-23/h17-19,21-22,28H,2-16,20H2,1H3,(H,27,29)/b26-22+. The minimum atomic E-state index is -0.0453. The van der Waals surface area contributed by atoms with Gasteiger partial charge in [0.15, 0.2) is 0 Å². The van der Waals surface area contributed by atoms with Crippen LogP contribution in [0.3, 0.4) is 0 Å². The van der Waals surface area contributed by atoms with Gasteiger partial charge in [-0.25, -0.2) is 5.43 Å². The zero-order chi connectivity index (χ0) is 21.0. The van der Waals surface area contributed by atoms with Crippen LogP contribution < -0.4 is 5.43 Å². The summed E-state index contributed by atoms with van der Waals surface area (Å²) in [5.74, 6) is 0.147. The van der Waals surface area contributed by atoms with Gasteiger partial charge in [0.1, 0.15) is 5.75 Å². The van der Waals surface area contributed by atoms with Crippen molar-refractivity contribution in [2.45, 2.75) is 110 Å². The molecule has 0 saturated carbocycles. The molecule has 29 heavy (non-hydrogen) atoms. The topological polar surface area (TPSA) is 61.7 Å². The first-order chi connectivity index (χ1) is 14.2. The van der Waals surface area contributed by atoms with Crippen molar-refractivity contribution in [1.82, 2.24) is 5.43 Å². The second-order valence-corrected chi connectivity index (χ2v) is 8.09. The highest BCUT2D eigenvalue weighted by atomic mass is 16.3. The highest BCUT2D eigenvalue weighted by Gasteiger charge is 2.00. The maximum Gasteiger partial charge on any atom is 0.240 e. The van der Waals surface area contributed by atoms with E-state index in [0.717, 1.165) is 18.4 Å². The number of unbranched alkanes of at least 4 members (excludes halogenated alkanes) is 14. The summed E-state index contributed by atoms with van der Waals surface area (Å²) in [5.41, 5.74) is 3.31.